The van der Waals surface area contributed by atoms with E-state index < -0.39 is 0 Å². The fourth-order valence-electron chi connectivity index (χ4n) is 3.27. The molecule has 2 heterocycles. The molecule has 8 nitrogen and oxygen atoms in total. The van der Waals surface area contributed by atoms with E-state index in [2.05, 4.69) is 32.5 Å². The van der Waals surface area contributed by atoms with Gasteiger partial charge < -0.3 is 20.1 Å². The summed E-state index contributed by atoms with van der Waals surface area (Å²) in [5, 5.41) is 10.9. The van der Waals surface area contributed by atoms with Gasteiger partial charge >= 0.3 is 0 Å². The monoisotopic (exact) mass is 432 g/mol. The molecule has 0 unspecified atom stereocenters. The molecule has 1 fully saturated rings. The summed E-state index contributed by atoms with van der Waals surface area (Å²) in [5.41, 5.74) is 1.71. The zero-order chi connectivity index (χ0) is 21.2. The second kappa shape index (κ2) is 11.6. The number of piperazine rings is 1. The van der Waals surface area contributed by atoms with Gasteiger partial charge in [-0.1, -0.05) is 16.8 Å². The first-order chi connectivity index (χ1) is 14.6. The van der Waals surface area contributed by atoms with Crippen molar-refractivity contribution < 1.29 is 9.32 Å². The largest absolute Gasteiger partial charge is 0.364 e. The van der Waals surface area contributed by atoms with E-state index in [1.54, 1.807) is 30.5 Å². The average molecular weight is 433 g/mol. The summed E-state index contributed by atoms with van der Waals surface area (Å²) < 4.78 is 4.91. The molecule has 2 aromatic rings. The predicted molar refractivity (Wildman–Crippen MR) is 119 cm³/mol. The summed E-state index contributed by atoms with van der Waals surface area (Å²) in [4.78, 5) is 21.5. The maximum Gasteiger partial charge on any atom is 0.224 e. The molecule has 1 aromatic heterocycles. The van der Waals surface area contributed by atoms with Crippen molar-refractivity contribution >= 4 is 29.2 Å². The quantitative estimate of drug-likeness (QED) is 0.379. The molecule has 9 heteroatoms. The van der Waals surface area contributed by atoms with Crippen LogP contribution in [0.1, 0.15) is 25.5 Å². The summed E-state index contributed by atoms with van der Waals surface area (Å²) >= 11 is 5.86. The number of carbonyl (C=O) groups excluding carboxylic acids is 1. The summed E-state index contributed by atoms with van der Waals surface area (Å²) in [5.74, 6) is 0.899. The molecule has 0 aliphatic carbocycles. The number of rotatable bonds is 8. The van der Waals surface area contributed by atoms with E-state index in [0.717, 1.165) is 56.6 Å². The Morgan fingerprint density at radius 1 is 1.20 bits per heavy atom. The van der Waals surface area contributed by atoms with Crippen LogP contribution in [-0.2, 0) is 11.3 Å². The van der Waals surface area contributed by atoms with Gasteiger partial charge in [0.1, 0.15) is 6.26 Å². The minimum atomic E-state index is -0.0148. The van der Waals surface area contributed by atoms with E-state index in [-0.39, 0.29) is 5.91 Å². The van der Waals surface area contributed by atoms with E-state index in [9.17, 15) is 4.79 Å². The van der Waals surface area contributed by atoms with Crippen molar-refractivity contribution in [2.24, 2.45) is 4.99 Å². The summed E-state index contributed by atoms with van der Waals surface area (Å²) in [6.45, 7) is 7.99. The number of nitrogens with zero attached hydrogens (tertiary/aromatic N) is 4. The van der Waals surface area contributed by atoms with Crippen LogP contribution in [0.2, 0.25) is 5.02 Å². The number of benzene rings is 1. The van der Waals surface area contributed by atoms with Gasteiger partial charge in [0.2, 0.25) is 5.91 Å². The lowest BCUT2D eigenvalue weighted by atomic mass is 10.2. The van der Waals surface area contributed by atoms with Gasteiger partial charge in [-0.05, 0) is 37.6 Å². The summed E-state index contributed by atoms with van der Waals surface area (Å²) in [7, 11) is 0. The molecule has 162 valence electrons. The average Bonchev–Trinajstić information content (AvgIpc) is 3.26. The lowest BCUT2D eigenvalue weighted by Gasteiger charge is -2.36. The highest BCUT2D eigenvalue weighted by Gasteiger charge is 2.20. The number of carbonyl (C=O) groups is 1. The molecule has 30 heavy (non-hydrogen) atoms. The molecule has 1 aliphatic heterocycles. The van der Waals surface area contributed by atoms with Gasteiger partial charge in [-0.15, -0.1) is 0 Å². The number of aromatic nitrogens is 1. The van der Waals surface area contributed by atoms with E-state index in [0.29, 0.717) is 24.4 Å². The van der Waals surface area contributed by atoms with Crippen molar-refractivity contribution in [1.82, 2.24) is 20.3 Å². The molecular weight excluding hydrogens is 404 g/mol. The normalized spacial score (nSPS) is 15.3. The first-order valence-electron chi connectivity index (χ1n) is 10.3. The van der Waals surface area contributed by atoms with Crippen LogP contribution in [-0.4, -0.2) is 66.1 Å². The van der Waals surface area contributed by atoms with Gasteiger partial charge in [0.15, 0.2) is 5.96 Å². The maximum atomic E-state index is 12.1. The van der Waals surface area contributed by atoms with Crippen LogP contribution in [0.15, 0.2) is 46.1 Å². The Balaban J connectivity index is 1.40. The van der Waals surface area contributed by atoms with Gasteiger partial charge in [-0.3, -0.25) is 14.7 Å². The highest BCUT2D eigenvalue weighted by Crippen LogP contribution is 2.14. The van der Waals surface area contributed by atoms with Gasteiger partial charge in [-0.2, -0.15) is 0 Å². The molecule has 0 spiro atoms. The predicted octanol–water partition coefficient (Wildman–Crippen LogP) is 2.83. The fraction of sp³-hybridized carbons (Fsp3) is 0.476. The molecular formula is C21H29ClN6O2. The molecule has 2 N–H and O–H groups in total. The van der Waals surface area contributed by atoms with E-state index in [1.807, 2.05) is 6.07 Å². The first-order valence-corrected chi connectivity index (χ1v) is 10.7. The minimum absolute atomic E-state index is 0.0148. The lowest BCUT2D eigenvalue weighted by molar-refractivity contribution is -0.116. The van der Waals surface area contributed by atoms with Crippen LogP contribution in [0.3, 0.4) is 0 Å². The summed E-state index contributed by atoms with van der Waals surface area (Å²) in [6, 6.07) is 9.01. The van der Waals surface area contributed by atoms with Crippen molar-refractivity contribution in [2.45, 2.75) is 26.3 Å². The molecule has 0 radical (unpaired) electrons. The highest BCUT2D eigenvalue weighted by atomic mass is 35.5. The zero-order valence-electron chi connectivity index (χ0n) is 17.3. The zero-order valence-corrected chi connectivity index (χ0v) is 18.1. The maximum absolute atomic E-state index is 12.1. The molecule has 1 amide bonds. The van der Waals surface area contributed by atoms with Crippen LogP contribution in [0.5, 0.6) is 0 Å². The van der Waals surface area contributed by atoms with Crippen molar-refractivity contribution in [3.05, 3.63) is 47.3 Å². The molecule has 0 saturated carbocycles. The molecule has 1 aliphatic rings. The number of amides is 1. The van der Waals surface area contributed by atoms with Crippen LogP contribution in [0.25, 0.3) is 0 Å². The van der Waals surface area contributed by atoms with Crippen LogP contribution in [0.4, 0.5) is 5.69 Å². The van der Waals surface area contributed by atoms with E-state index >= 15 is 0 Å². The Morgan fingerprint density at radius 2 is 1.97 bits per heavy atom. The first kappa shape index (κ1) is 22.1. The number of hydrogen-bond donors (Lipinski definition) is 2. The van der Waals surface area contributed by atoms with Crippen molar-refractivity contribution in [1.29, 1.82) is 0 Å². The Labute approximate surface area is 182 Å². The fourth-order valence-corrected chi connectivity index (χ4v) is 3.40. The Morgan fingerprint density at radius 3 is 2.63 bits per heavy atom. The smallest absolute Gasteiger partial charge is 0.224 e. The number of nitrogens with one attached hydrogen (secondary N) is 2. The van der Waals surface area contributed by atoms with Crippen molar-refractivity contribution in [3.8, 4) is 0 Å². The molecule has 0 atom stereocenters. The molecule has 1 aromatic carbocycles. The lowest BCUT2D eigenvalue weighted by Crippen LogP contribution is -2.52. The topological polar surface area (TPSA) is 86.0 Å². The van der Waals surface area contributed by atoms with Gasteiger partial charge in [0, 0.05) is 69.0 Å². The van der Waals surface area contributed by atoms with Gasteiger partial charge in [-0.25, -0.2) is 0 Å². The van der Waals surface area contributed by atoms with Crippen LogP contribution in [0, 0.1) is 0 Å². The second-order valence-electron chi connectivity index (χ2n) is 7.15. The minimum Gasteiger partial charge on any atom is -0.364 e. The van der Waals surface area contributed by atoms with Crippen LogP contribution >= 0.6 is 11.6 Å². The Bertz CT molecular complexity index is 801. The van der Waals surface area contributed by atoms with Gasteiger partial charge in [0.25, 0.3) is 0 Å². The standard InChI is InChI=1S/C21H29ClN6O2/c1-2-23-21(28-13-11-27(12-14-28)16-19-9-15-30-26-19)24-10-3-4-20(29)25-18-7-5-17(22)6-8-18/h5-9,15H,2-4,10-14,16H2,1H3,(H,23,24)(H,25,29). The number of aliphatic imine (C=N–C) groups is 1. The van der Waals surface area contributed by atoms with Crippen molar-refractivity contribution in [2.75, 3.05) is 44.6 Å². The number of hydrogen-bond acceptors (Lipinski definition) is 5. The molecule has 1 saturated heterocycles. The third kappa shape index (κ3) is 7.03. The van der Waals surface area contributed by atoms with E-state index in [4.69, 9.17) is 21.1 Å². The third-order valence-electron chi connectivity index (χ3n) is 4.84. The SMILES string of the molecule is CCNC(=NCCCC(=O)Nc1ccc(Cl)cc1)N1CCN(Cc2ccon2)CC1. The third-order valence-corrected chi connectivity index (χ3v) is 5.09. The Kier molecular flexibility index (Phi) is 8.53. The second-order valence-corrected chi connectivity index (χ2v) is 7.58. The number of anilines is 1. The van der Waals surface area contributed by atoms with Crippen LogP contribution < -0.4 is 10.6 Å². The molecule has 3 rings (SSSR count). The number of guanidine groups is 1. The van der Waals surface area contributed by atoms with Gasteiger partial charge in [0.05, 0.1) is 5.69 Å². The number of halogens is 1. The summed E-state index contributed by atoms with van der Waals surface area (Å²) in [6.07, 6.45) is 2.73. The van der Waals surface area contributed by atoms with E-state index in [1.165, 1.54) is 0 Å². The van der Waals surface area contributed by atoms with Crippen molar-refractivity contribution in [3.63, 3.8) is 0 Å². The molecule has 0 bridgehead atoms. The highest BCUT2D eigenvalue weighted by molar-refractivity contribution is 6.30. The Hall–Kier alpha value is -2.58.